The monoisotopic (exact) mass is 327 g/mol. The van der Waals surface area contributed by atoms with Gasteiger partial charge in [-0.05, 0) is 33.6 Å². The van der Waals surface area contributed by atoms with Crippen LogP contribution in [0.2, 0.25) is 0 Å². The molecule has 1 atom stereocenters. The number of carbonyl (C=O) groups is 1. The minimum Gasteiger partial charge on any atom is -0.444 e. The van der Waals surface area contributed by atoms with Crippen molar-refractivity contribution in [1.29, 1.82) is 0 Å². The average molecular weight is 327 g/mol. The Morgan fingerprint density at radius 2 is 2.05 bits per heavy atom. The second-order valence-corrected chi connectivity index (χ2v) is 7.45. The lowest BCUT2D eigenvalue weighted by atomic mass is 10.1. The van der Waals surface area contributed by atoms with E-state index in [2.05, 4.69) is 22.1 Å². The Kier molecular flexibility index (Phi) is 6.47. The van der Waals surface area contributed by atoms with E-state index >= 15 is 0 Å². The quantitative estimate of drug-likeness (QED) is 0.629. The van der Waals surface area contributed by atoms with Gasteiger partial charge in [0.1, 0.15) is 11.6 Å². The van der Waals surface area contributed by atoms with Crippen LogP contribution in [0.15, 0.2) is 21.8 Å². The molecular formula is C15H25N3O3S. The molecule has 0 radical (unpaired) electrons. The van der Waals surface area contributed by atoms with Crippen LogP contribution in [0.1, 0.15) is 53.5 Å². The van der Waals surface area contributed by atoms with Crippen molar-refractivity contribution in [3.63, 3.8) is 0 Å². The number of hydrogen-bond acceptors (Lipinski definition) is 6. The van der Waals surface area contributed by atoms with Crippen LogP contribution in [-0.4, -0.2) is 27.6 Å². The molecule has 6 nitrogen and oxygen atoms in total. The molecule has 1 heterocycles. The third kappa shape index (κ3) is 6.51. The van der Waals surface area contributed by atoms with E-state index in [0.29, 0.717) is 16.9 Å². The molecule has 0 saturated carbocycles. The zero-order valence-corrected chi connectivity index (χ0v) is 14.9. The van der Waals surface area contributed by atoms with Gasteiger partial charge < -0.3 is 14.5 Å². The fourth-order valence-corrected chi connectivity index (χ4v) is 2.15. The van der Waals surface area contributed by atoms with Crippen molar-refractivity contribution in [3.05, 3.63) is 18.0 Å². The molecule has 0 bridgehead atoms. The average Bonchev–Trinajstić information content (AvgIpc) is 2.79. The number of nitrogens with zero attached hydrogens (tertiary/aromatic N) is 2. The SMILES string of the molecule is C=C(C)CSc1nnc([C@@H](NC(=O)OC(C)(C)C)C(C)C)o1. The Bertz CT molecular complexity index is 520. The van der Waals surface area contributed by atoms with Gasteiger partial charge in [0.15, 0.2) is 0 Å². The molecule has 1 amide bonds. The van der Waals surface area contributed by atoms with Crippen molar-refractivity contribution in [1.82, 2.24) is 15.5 Å². The molecule has 7 heteroatoms. The molecule has 0 aromatic carbocycles. The maximum Gasteiger partial charge on any atom is 0.408 e. The molecule has 0 aliphatic heterocycles. The summed E-state index contributed by atoms with van der Waals surface area (Å²) in [5.74, 6) is 1.19. The number of carbonyl (C=O) groups excluding carboxylic acids is 1. The molecule has 0 aliphatic carbocycles. The molecule has 0 fully saturated rings. The zero-order chi connectivity index (χ0) is 16.9. The maximum atomic E-state index is 11.9. The molecule has 124 valence electrons. The fourth-order valence-electron chi connectivity index (χ4n) is 1.54. The number of rotatable bonds is 6. The molecule has 0 saturated heterocycles. The predicted octanol–water partition coefficient (Wildman–Crippen LogP) is 3.96. The topological polar surface area (TPSA) is 77.2 Å². The van der Waals surface area contributed by atoms with Gasteiger partial charge >= 0.3 is 6.09 Å². The molecule has 1 N–H and O–H groups in total. The van der Waals surface area contributed by atoms with Crippen molar-refractivity contribution in [3.8, 4) is 0 Å². The molecular weight excluding hydrogens is 302 g/mol. The van der Waals surface area contributed by atoms with Gasteiger partial charge in [-0.25, -0.2) is 4.79 Å². The number of alkyl carbamates (subject to hydrolysis) is 1. The number of hydrogen-bond donors (Lipinski definition) is 1. The number of thioether (sulfide) groups is 1. The van der Waals surface area contributed by atoms with Crippen molar-refractivity contribution in [2.75, 3.05) is 5.75 Å². The first kappa shape index (κ1) is 18.5. The second-order valence-electron chi connectivity index (χ2n) is 6.52. The van der Waals surface area contributed by atoms with Crippen LogP contribution in [0.3, 0.4) is 0 Å². The Balaban J connectivity index is 2.75. The Hall–Kier alpha value is -1.50. The summed E-state index contributed by atoms with van der Waals surface area (Å²) in [6.45, 7) is 15.1. The summed E-state index contributed by atoms with van der Waals surface area (Å²) in [4.78, 5) is 11.9. The van der Waals surface area contributed by atoms with E-state index < -0.39 is 11.7 Å². The standard InChI is InChI=1S/C15H25N3O3S/c1-9(2)8-22-14-18-17-12(20-14)11(10(3)4)16-13(19)21-15(5,6)7/h10-11H,1,8H2,2-7H3,(H,16,19)/t11-/m0/s1. The summed E-state index contributed by atoms with van der Waals surface area (Å²) in [5, 5.41) is 11.3. The van der Waals surface area contributed by atoms with Crippen molar-refractivity contribution >= 4 is 17.9 Å². The summed E-state index contributed by atoms with van der Waals surface area (Å²) in [6, 6.07) is -0.387. The number of amides is 1. The van der Waals surface area contributed by atoms with Crippen molar-refractivity contribution in [2.24, 2.45) is 5.92 Å². The summed E-state index contributed by atoms with van der Waals surface area (Å²) >= 11 is 1.42. The van der Waals surface area contributed by atoms with E-state index in [1.807, 2.05) is 41.5 Å². The first-order valence-corrected chi connectivity index (χ1v) is 8.17. The van der Waals surface area contributed by atoms with E-state index in [-0.39, 0.29) is 12.0 Å². The Morgan fingerprint density at radius 1 is 1.41 bits per heavy atom. The van der Waals surface area contributed by atoms with Crippen molar-refractivity contribution in [2.45, 2.75) is 58.4 Å². The minimum atomic E-state index is -0.553. The second kappa shape index (κ2) is 7.67. The largest absolute Gasteiger partial charge is 0.444 e. The van der Waals surface area contributed by atoms with E-state index in [9.17, 15) is 4.79 Å². The van der Waals surface area contributed by atoms with Gasteiger partial charge in [0.05, 0.1) is 0 Å². The van der Waals surface area contributed by atoms with Gasteiger partial charge in [0.2, 0.25) is 5.89 Å². The van der Waals surface area contributed by atoms with E-state index in [0.717, 1.165) is 5.57 Å². The van der Waals surface area contributed by atoms with Crippen LogP contribution in [0.5, 0.6) is 0 Å². The lowest BCUT2D eigenvalue weighted by Gasteiger charge is -2.23. The first-order valence-electron chi connectivity index (χ1n) is 7.18. The maximum absolute atomic E-state index is 11.9. The van der Waals surface area contributed by atoms with E-state index in [4.69, 9.17) is 9.15 Å². The van der Waals surface area contributed by atoms with Crippen LogP contribution < -0.4 is 5.32 Å². The van der Waals surface area contributed by atoms with Crippen LogP contribution in [0, 0.1) is 5.92 Å². The lowest BCUT2D eigenvalue weighted by molar-refractivity contribution is 0.0477. The first-order chi connectivity index (χ1) is 10.1. The highest BCUT2D eigenvalue weighted by molar-refractivity contribution is 7.99. The third-order valence-corrected chi connectivity index (χ3v) is 3.52. The highest BCUT2D eigenvalue weighted by Crippen LogP contribution is 2.25. The van der Waals surface area contributed by atoms with Crippen LogP contribution >= 0.6 is 11.8 Å². The molecule has 0 aliphatic rings. The van der Waals surface area contributed by atoms with Gasteiger partial charge in [-0.3, -0.25) is 0 Å². The number of nitrogens with one attached hydrogen (secondary N) is 1. The molecule has 1 aromatic heterocycles. The van der Waals surface area contributed by atoms with Crippen molar-refractivity contribution < 1.29 is 13.9 Å². The molecule has 0 spiro atoms. The van der Waals surface area contributed by atoms with Crippen LogP contribution in [-0.2, 0) is 4.74 Å². The van der Waals surface area contributed by atoms with Gasteiger partial charge in [-0.15, -0.1) is 10.2 Å². The fraction of sp³-hybridized carbons (Fsp3) is 0.667. The Labute approximate surface area is 136 Å². The van der Waals surface area contributed by atoms with Gasteiger partial charge in [-0.2, -0.15) is 0 Å². The van der Waals surface area contributed by atoms with Gasteiger partial charge in [0, 0.05) is 5.75 Å². The summed E-state index contributed by atoms with van der Waals surface area (Å²) in [6.07, 6.45) is -0.500. The van der Waals surface area contributed by atoms with E-state index in [1.165, 1.54) is 11.8 Å². The number of aromatic nitrogens is 2. The lowest BCUT2D eigenvalue weighted by Crippen LogP contribution is -2.37. The Morgan fingerprint density at radius 3 is 2.55 bits per heavy atom. The van der Waals surface area contributed by atoms with Crippen LogP contribution in [0.4, 0.5) is 4.79 Å². The highest BCUT2D eigenvalue weighted by Gasteiger charge is 2.27. The van der Waals surface area contributed by atoms with Gasteiger partial charge in [0.25, 0.3) is 5.22 Å². The molecule has 1 rings (SSSR count). The van der Waals surface area contributed by atoms with Crippen LogP contribution in [0.25, 0.3) is 0 Å². The summed E-state index contributed by atoms with van der Waals surface area (Å²) in [5.41, 5.74) is 0.472. The summed E-state index contributed by atoms with van der Waals surface area (Å²) in [7, 11) is 0. The smallest absolute Gasteiger partial charge is 0.408 e. The highest BCUT2D eigenvalue weighted by atomic mass is 32.2. The molecule has 1 aromatic rings. The zero-order valence-electron chi connectivity index (χ0n) is 14.1. The third-order valence-electron chi connectivity index (χ3n) is 2.47. The summed E-state index contributed by atoms with van der Waals surface area (Å²) < 4.78 is 10.9. The molecule has 0 unspecified atom stereocenters. The molecule has 22 heavy (non-hydrogen) atoms. The predicted molar refractivity (Wildman–Crippen MR) is 86.8 cm³/mol. The minimum absolute atomic E-state index is 0.0898. The van der Waals surface area contributed by atoms with Gasteiger partial charge in [-0.1, -0.05) is 37.8 Å². The normalized spacial score (nSPS) is 13.0. The van der Waals surface area contributed by atoms with E-state index in [1.54, 1.807) is 0 Å². The number of ether oxygens (including phenoxy) is 1.